The summed E-state index contributed by atoms with van der Waals surface area (Å²) in [5.74, 6) is -0.409. The van der Waals surface area contributed by atoms with Gasteiger partial charge in [-0.25, -0.2) is 0 Å². The highest BCUT2D eigenvalue weighted by Crippen LogP contribution is 2.15. The van der Waals surface area contributed by atoms with Gasteiger partial charge in [-0.1, -0.05) is 60.7 Å². The first-order chi connectivity index (χ1) is 20.4. The van der Waals surface area contributed by atoms with E-state index in [0.29, 0.717) is 31.7 Å². The molecule has 1 aromatic heterocycles. The van der Waals surface area contributed by atoms with E-state index in [1.807, 2.05) is 79.0 Å². The van der Waals surface area contributed by atoms with Crippen molar-refractivity contribution in [1.82, 2.24) is 16.0 Å². The van der Waals surface area contributed by atoms with Crippen LogP contribution in [0.15, 0.2) is 96.4 Å². The van der Waals surface area contributed by atoms with Crippen molar-refractivity contribution >= 4 is 29.1 Å². The number of nitrogens with one attached hydrogen (secondary N) is 3. The Bertz CT molecular complexity index is 1430. The van der Waals surface area contributed by atoms with Crippen LogP contribution >= 0.6 is 11.3 Å². The van der Waals surface area contributed by atoms with Crippen molar-refractivity contribution in [3.05, 3.63) is 124 Å². The molecule has 2 unspecified atom stereocenters. The number of benzene rings is 3. The Labute approximate surface area is 250 Å². The summed E-state index contributed by atoms with van der Waals surface area (Å²) in [6, 6.07) is 25.9. The topological polar surface area (TPSA) is 123 Å². The fraction of sp³-hybridized carbons (Fsp3) is 0.242. The highest BCUT2D eigenvalue weighted by Gasteiger charge is 2.28. The smallest absolute Gasteiger partial charge is 0.251 e. The number of carbonyl (C=O) groups is 3. The van der Waals surface area contributed by atoms with Crippen LogP contribution in [0.3, 0.4) is 0 Å². The number of hydrogen-bond acceptors (Lipinski definition) is 6. The van der Waals surface area contributed by atoms with Crippen LogP contribution in [0, 0.1) is 0 Å². The third-order valence-electron chi connectivity index (χ3n) is 6.68. The van der Waals surface area contributed by atoms with E-state index in [2.05, 4.69) is 16.0 Å². The first-order valence-corrected chi connectivity index (χ1v) is 14.8. The van der Waals surface area contributed by atoms with Gasteiger partial charge in [-0.3, -0.25) is 14.4 Å². The van der Waals surface area contributed by atoms with E-state index in [9.17, 15) is 14.4 Å². The molecule has 0 radical (unpaired) electrons. The van der Waals surface area contributed by atoms with Crippen LogP contribution in [-0.2, 0) is 35.5 Å². The lowest BCUT2D eigenvalue weighted by atomic mass is 10.0. The van der Waals surface area contributed by atoms with Crippen molar-refractivity contribution in [3.63, 3.8) is 0 Å². The highest BCUT2D eigenvalue weighted by atomic mass is 32.1. The average molecular weight is 585 g/mol. The van der Waals surface area contributed by atoms with Gasteiger partial charge < -0.3 is 26.4 Å². The number of ether oxygens (including phenoxy) is 1. The van der Waals surface area contributed by atoms with Gasteiger partial charge in [-0.2, -0.15) is 0 Å². The summed E-state index contributed by atoms with van der Waals surface area (Å²) >= 11 is 1.51. The monoisotopic (exact) mass is 584 g/mol. The van der Waals surface area contributed by atoms with E-state index < -0.39 is 18.0 Å². The van der Waals surface area contributed by atoms with Gasteiger partial charge in [0.25, 0.3) is 5.91 Å². The first-order valence-electron chi connectivity index (χ1n) is 13.9. The summed E-state index contributed by atoms with van der Waals surface area (Å²) in [6.07, 6.45) is 0.557. The van der Waals surface area contributed by atoms with Gasteiger partial charge in [0.2, 0.25) is 11.8 Å². The van der Waals surface area contributed by atoms with E-state index in [-0.39, 0.29) is 18.2 Å². The van der Waals surface area contributed by atoms with E-state index in [0.717, 1.165) is 27.3 Å². The molecule has 0 bridgehead atoms. The maximum Gasteiger partial charge on any atom is 0.251 e. The van der Waals surface area contributed by atoms with Gasteiger partial charge in [0, 0.05) is 36.4 Å². The summed E-state index contributed by atoms with van der Waals surface area (Å²) in [4.78, 5) is 41.1. The number of hydrogen-bond donors (Lipinski definition) is 4. The Morgan fingerprint density at radius 2 is 1.43 bits per heavy atom. The van der Waals surface area contributed by atoms with Crippen molar-refractivity contribution in [1.29, 1.82) is 0 Å². The molecule has 0 fully saturated rings. The predicted molar refractivity (Wildman–Crippen MR) is 165 cm³/mol. The maximum atomic E-state index is 13.7. The fourth-order valence-electron chi connectivity index (χ4n) is 4.38. The van der Waals surface area contributed by atoms with Crippen LogP contribution in [0.5, 0.6) is 5.75 Å². The van der Waals surface area contributed by atoms with Crippen molar-refractivity contribution < 1.29 is 19.1 Å². The minimum absolute atomic E-state index is 0.234. The summed E-state index contributed by atoms with van der Waals surface area (Å²) in [6.45, 7) is 3.21. The lowest BCUT2D eigenvalue weighted by molar-refractivity contribution is -0.130. The molecule has 4 rings (SSSR count). The molecule has 0 saturated heterocycles. The Balaban J connectivity index is 1.51. The second-order valence-electron chi connectivity index (χ2n) is 9.76. The number of nitrogens with two attached hydrogens (primary N) is 1. The molecule has 1 heterocycles. The zero-order valence-corrected chi connectivity index (χ0v) is 24.4. The fourth-order valence-corrected chi connectivity index (χ4v) is 5.13. The maximum absolute atomic E-state index is 13.7. The van der Waals surface area contributed by atoms with Gasteiger partial charge in [0.05, 0.1) is 6.61 Å². The van der Waals surface area contributed by atoms with E-state index >= 15 is 0 Å². The molecule has 8 nitrogen and oxygen atoms in total. The molecule has 0 spiro atoms. The Hall–Kier alpha value is -4.47. The second kappa shape index (κ2) is 15.5. The number of carbonyl (C=O) groups excluding carboxylic acids is 3. The van der Waals surface area contributed by atoms with Crippen LogP contribution in [0.25, 0.3) is 0 Å². The first kappa shape index (κ1) is 30.5. The van der Waals surface area contributed by atoms with Crippen LogP contribution in [0.2, 0.25) is 0 Å². The molecule has 0 aliphatic rings. The third kappa shape index (κ3) is 9.02. The molecule has 0 saturated carbocycles. The quantitative estimate of drug-likeness (QED) is 0.179. The van der Waals surface area contributed by atoms with E-state index in [1.165, 1.54) is 11.3 Å². The van der Waals surface area contributed by atoms with Crippen molar-refractivity contribution in [2.75, 3.05) is 6.61 Å². The Morgan fingerprint density at radius 3 is 2.07 bits per heavy atom. The van der Waals surface area contributed by atoms with Gasteiger partial charge >= 0.3 is 0 Å². The van der Waals surface area contributed by atoms with Gasteiger partial charge in [-0.15, -0.1) is 11.3 Å². The lowest BCUT2D eigenvalue weighted by Gasteiger charge is -2.23. The summed E-state index contributed by atoms with van der Waals surface area (Å²) < 4.78 is 5.53. The molecule has 2 atom stereocenters. The predicted octanol–water partition coefficient (Wildman–Crippen LogP) is 3.99. The molecule has 5 N–H and O–H groups in total. The van der Waals surface area contributed by atoms with Gasteiger partial charge in [-0.05, 0) is 59.3 Å². The molecule has 0 aliphatic carbocycles. The molecule has 42 heavy (non-hydrogen) atoms. The Kier molecular flexibility index (Phi) is 11.3. The number of rotatable bonds is 14. The SMILES string of the molecule is CCOc1ccc(CC(NC(=O)c2ccccc2)C(=O)NC(Cc2cccs2)C(=O)NCc2ccc(CN)cc2)cc1. The molecule has 218 valence electrons. The summed E-state index contributed by atoms with van der Waals surface area (Å²) in [5.41, 5.74) is 8.89. The van der Waals surface area contributed by atoms with Crippen LogP contribution in [-0.4, -0.2) is 36.4 Å². The summed E-state index contributed by atoms with van der Waals surface area (Å²) in [7, 11) is 0. The van der Waals surface area contributed by atoms with Gasteiger partial charge in [0.15, 0.2) is 0 Å². The second-order valence-corrected chi connectivity index (χ2v) is 10.8. The van der Waals surface area contributed by atoms with Gasteiger partial charge in [0.1, 0.15) is 17.8 Å². The molecule has 3 amide bonds. The highest BCUT2D eigenvalue weighted by molar-refractivity contribution is 7.09. The van der Waals surface area contributed by atoms with Crippen LogP contribution in [0.4, 0.5) is 0 Å². The van der Waals surface area contributed by atoms with Crippen molar-refractivity contribution in [2.45, 2.75) is 44.9 Å². The third-order valence-corrected chi connectivity index (χ3v) is 7.57. The van der Waals surface area contributed by atoms with Crippen molar-refractivity contribution in [3.8, 4) is 5.75 Å². The lowest BCUT2D eigenvalue weighted by Crippen LogP contribution is -2.55. The normalized spacial score (nSPS) is 12.1. The minimum Gasteiger partial charge on any atom is -0.494 e. The molecule has 3 aromatic carbocycles. The largest absolute Gasteiger partial charge is 0.494 e. The molecular formula is C33H36N4O4S. The Morgan fingerprint density at radius 1 is 0.762 bits per heavy atom. The van der Waals surface area contributed by atoms with E-state index in [1.54, 1.807) is 24.3 Å². The number of amides is 3. The van der Waals surface area contributed by atoms with Crippen LogP contribution < -0.4 is 26.4 Å². The molecular weight excluding hydrogens is 548 g/mol. The zero-order valence-electron chi connectivity index (χ0n) is 23.5. The number of thiophene rings is 1. The minimum atomic E-state index is -0.918. The zero-order chi connectivity index (χ0) is 29.7. The average Bonchev–Trinajstić information content (AvgIpc) is 3.54. The molecule has 4 aromatic rings. The molecule has 9 heteroatoms. The van der Waals surface area contributed by atoms with Crippen LogP contribution in [0.1, 0.15) is 38.8 Å². The van der Waals surface area contributed by atoms with Crippen molar-refractivity contribution in [2.24, 2.45) is 5.73 Å². The van der Waals surface area contributed by atoms with E-state index in [4.69, 9.17) is 10.5 Å². The standard InChI is InChI=1S/C33H36N4O4S/c1-2-41-27-16-14-23(15-17-27)19-29(36-31(38)26-7-4-3-5-8-26)33(40)37-30(20-28-9-6-18-42-28)32(39)35-22-25-12-10-24(21-34)11-13-25/h3-18,29-30H,2,19-22,34H2,1H3,(H,35,39)(H,36,38)(H,37,40). The molecule has 0 aliphatic heterocycles. The summed E-state index contributed by atoms with van der Waals surface area (Å²) in [5, 5.41) is 10.7.